The Hall–Kier alpha value is -1.20. The molecule has 1 aromatic heterocycles. The van der Waals surface area contributed by atoms with Crippen LogP contribution >= 0.6 is 12.2 Å². The van der Waals surface area contributed by atoms with Gasteiger partial charge in [-0.2, -0.15) is 0 Å². The second-order valence-corrected chi connectivity index (χ2v) is 5.00. The van der Waals surface area contributed by atoms with Gasteiger partial charge >= 0.3 is 0 Å². The number of hydrogen-bond donors (Lipinski definition) is 1. The van der Waals surface area contributed by atoms with Crippen LogP contribution in [0.1, 0.15) is 23.4 Å². The number of ether oxygens (including phenoxy) is 1. The van der Waals surface area contributed by atoms with Crippen molar-refractivity contribution in [2.45, 2.75) is 20.3 Å². The van der Waals surface area contributed by atoms with Crippen molar-refractivity contribution < 1.29 is 4.74 Å². The van der Waals surface area contributed by atoms with Crippen molar-refractivity contribution in [1.82, 2.24) is 4.98 Å². The Balaban J connectivity index is 2.43. The lowest BCUT2D eigenvalue weighted by molar-refractivity contribution is 0.152. The molecule has 0 radical (unpaired) electrons. The van der Waals surface area contributed by atoms with Crippen LogP contribution in [0, 0.1) is 13.8 Å². The molecule has 2 N–H and O–H groups in total. The number of nitrogens with zero attached hydrogens (tertiary/aromatic N) is 2. The van der Waals surface area contributed by atoms with Crippen molar-refractivity contribution in [3.05, 3.63) is 23.0 Å². The molecule has 4 nitrogen and oxygen atoms in total. The molecule has 0 saturated carbocycles. The zero-order valence-electron chi connectivity index (χ0n) is 10.9. The highest BCUT2D eigenvalue weighted by molar-refractivity contribution is 7.80. The van der Waals surface area contributed by atoms with Crippen LogP contribution in [-0.2, 0) is 4.74 Å². The third kappa shape index (κ3) is 2.79. The van der Waals surface area contributed by atoms with E-state index in [1.165, 1.54) is 0 Å². The van der Waals surface area contributed by atoms with Gasteiger partial charge in [-0.15, -0.1) is 0 Å². The van der Waals surface area contributed by atoms with Gasteiger partial charge in [-0.25, -0.2) is 0 Å². The molecule has 18 heavy (non-hydrogen) atoms. The lowest BCUT2D eigenvalue weighted by atomic mass is 10.1. The largest absolute Gasteiger partial charge is 0.389 e. The number of hydrogen-bond acceptors (Lipinski definition) is 4. The smallest absolute Gasteiger partial charge is 0.107 e. The normalized spacial score (nSPS) is 16.4. The first-order chi connectivity index (χ1) is 8.59. The summed E-state index contributed by atoms with van der Waals surface area (Å²) in [5.41, 5.74) is 9.74. The van der Waals surface area contributed by atoms with Crippen LogP contribution in [0.2, 0.25) is 0 Å². The molecule has 2 heterocycles. The Labute approximate surface area is 113 Å². The van der Waals surface area contributed by atoms with Crippen molar-refractivity contribution in [2.75, 3.05) is 31.2 Å². The summed E-state index contributed by atoms with van der Waals surface area (Å²) in [6, 6.07) is 2.06. The number of aromatic nitrogens is 1. The molecule has 0 bridgehead atoms. The SMILES string of the molecule is Cc1cc(N2CCCOCC2)c(C(N)=S)c(C)n1. The lowest BCUT2D eigenvalue weighted by Gasteiger charge is -2.25. The van der Waals surface area contributed by atoms with Crippen LogP contribution in [0.3, 0.4) is 0 Å². The molecule has 0 aliphatic carbocycles. The Morgan fingerprint density at radius 3 is 2.89 bits per heavy atom. The fourth-order valence-corrected chi connectivity index (χ4v) is 2.60. The Bertz CT molecular complexity index is 454. The summed E-state index contributed by atoms with van der Waals surface area (Å²) in [6.07, 6.45) is 1.02. The summed E-state index contributed by atoms with van der Waals surface area (Å²) in [6.45, 7) is 7.36. The van der Waals surface area contributed by atoms with Crippen molar-refractivity contribution in [2.24, 2.45) is 5.73 Å². The van der Waals surface area contributed by atoms with E-state index >= 15 is 0 Å². The van der Waals surface area contributed by atoms with Gasteiger partial charge in [-0.1, -0.05) is 12.2 Å². The number of aryl methyl sites for hydroxylation is 2. The Kier molecular flexibility index (Phi) is 4.14. The van der Waals surface area contributed by atoms with Crippen molar-refractivity contribution >= 4 is 22.9 Å². The molecule has 5 heteroatoms. The second-order valence-electron chi connectivity index (χ2n) is 4.56. The first-order valence-corrected chi connectivity index (χ1v) is 6.61. The van der Waals surface area contributed by atoms with Crippen LogP contribution in [0.15, 0.2) is 6.07 Å². The Morgan fingerprint density at radius 1 is 1.39 bits per heavy atom. The van der Waals surface area contributed by atoms with Gasteiger partial charge in [0, 0.05) is 31.1 Å². The van der Waals surface area contributed by atoms with Crippen molar-refractivity contribution in [3.8, 4) is 0 Å². The average molecular weight is 265 g/mol. The van der Waals surface area contributed by atoms with Gasteiger partial charge < -0.3 is 15.4 Å². The number of rotatable bonds is 2. The van der Waals surface area contributed by atoms with E-state index in [-0.39, 0.29) is 0 Å². The molecule has 0 atom stereocenters. The highest BCUT2D eigenvalue weighted by atomic mass is 32.1. The minimum absolute atomic E-state index is 0.417. The molecule has 1 saturated heterocycles. The molecule has 0 aromatic carbocycles. The molecule has 0 unspecified atom stereocenters. The molecule has 0 amide bonds. The minimum atomic E-state index is 0.417. The fraction of sp³-hybridized carbons (Fsp3) is 0.538. The zero-order chi connectivity index (χ0) is 13.1. The molecular weight excluding hydrogens is 246 g/mol. The van der Waals surface area contributed by atoms with E-state index in [1.54, 1.807) is 0 Å². The third-order valence-corrected chi connectivity index (χ3v) is 3.32. The maximum absolute atomic E-state index is 5.84. The maximum atomic E-state index is 5.84. The molecule has 1 fully saturated rings. The molecule has 98 valence electrons. The van der Waals surface area contributed by atoms with E-state index in [9.17, 15) is 0 Å². The maximum Gasteiger partial charge on any atom is 0.107 e. The van der Waals surface area contributed by atoms with Gasteiger partial charge in [0.1, 0.15) is 4.99 Å². The predicted molar refractivity (Wildman–Crippen MR) is 77.2 cm³/mol. The molecule has 1 aliphatic heterocycles. The second kappa shape index (κ2) is 5.63. The highest BCUT2D eigenvalue weighted by Crippen LogP contribution is 2.24. The van der Waals surface area contributed by atoms with E-state index < -0.39 is 0 Å². The van der Waals surface area contributed by atoms with E-state index in [2.05, 4.69) is 16.0 Å². The van der Waals surface area contributed by atoms with E-state index in [0.717, 1.165) is 55.4 Å². The van der Waals surface area contributed by atoms with E-state index in [4.69, 9.17) is 22.7 Å². The summed E-state index contributed by atoms with van der Waals surface area (Å²) in [7, 11) is 0. The van der Waals surface area contributed by atoms with Crippen LogP contribution in [0.5, 0.6) is 0 Å². The average Bonchev–Trinajstić information content (AvgIpc) is 2.55. The molecule has 2 rings (SSSR count). The topological polar surface area (TPSA) is 51.4 Å². The Morgan fingerprint density at radius 2 is 2.17 bits per heavy atom. The monoisotopic (exact) mass is 265 g/mol. The minimum Gasteiger partial charge on any atom is -0.389 e. The van der Waals surface area contributed by atoms with E-state index in [1.807, 2.05) is 13.8 Å². The predicted octanol–water partition coefficient (Wildman–Crippen LogP) is 1.56. The summed E-state index contributed by atoms with van der Waals surface area (Å²) in [5.74, 6) is 0. The van der Waals surface area contributed by atoms with E-state index in [0.29, 0.717) is 4.99 Å². The van der Waals surface area contributed by atoms with Gasteiger partial charge in [0.15, 0.2) is 0 Å². The molecule has 1 aromatic rings. The molecule has 0 spiro atoms. The summed E-state index contributed by atoms with van der Waals surface area (Å²) in [5, 5.41) is 0. The number of thiocarbonyl (C=S) groups is 1. The van der Waals surface area contributed by atoms with Crippen molar-refractivity contribution in [1.29, 1.82) is 0 Å². The zero-order valence-corrected chi connectivity index (χ0v) is 11.7. The van der Waals surface area contributed by atoms with Crippen LogP contribution in [0.25, 0.3) is 0 Å². The molecular formula is C13H19N3OS. The van der Waals surface area contributed by atoms with Crippen molar-refractivity contribution in [3.63, 3.8) is 0 Å². The third-order valence-electron chi connectivity index (χ3n) is 3.12. The number of pyridine rings is 1. The standard InChI is InChI=1S/C13H19N3OS/c1-9-8-11(12(13(14)18)10(2)15-9)16-4-3-6-17-7-5-16/h8H,3-7H2,1-2H3,(H2,14,18). The van der Waals surface area contributed by atoms with Gasteiger partial charge in [0.25, 0.3) is 0 Å². The lowest BCUT2D eigenvalue weighted by Crippen LogP contribution is -2.29. The quantitative estimate of drug-likeness (QED) is 0.822. The first kappa shape index (κ1) is 13.2. The van der Waals surface area contributed by atoms with Gasteiger partial charge in [-0.05, 0) is 26.3 Å². The molecule has 1 aliphatic rings. The van der Waals surface area contributed by atoms with Crippen LogP contribution in [0.4, 0.5) is 5.69 Å². The number of nitrogens with two attached hydrogens (primary N) is 1. The van der Waals surface area contributed by atoms with Crippen LogP contribution < -0.4 is 10.6 Å². The summed E-state index contributed by atoms with van der Waals surface area (Å²) in [4.78, 5) is 7.16. The fourth-order valence-electron chi connectivity index (χ4n) is 2.35. The highest BCUT2D eigenvalue weighted by Gasteiger charge is 2.18. The van der Waals surface area contributed by atoms with Crippen LogP contribution in [-0.4, -0.2) is 36.3 Å². The summed E-state index contributed by atoms with van der Waals surface area (Å²) >= 11 is 5.16. The van der Waals surface area contributed by atoms with Gasteiger partial charge in [0.2, 0.25) is 0 Å². The van der Waals surface area contributed by atoms with Gasteiger partial charge in [0.05, 0.1) is 17.9 Å². The first-order valence-electron chi connectivity index (χ1n) is 6.20. The van der Waals surface area contributed by atoms with Gasteiger partial charge in [-0.3, -0.25) is 4.98 Å². The number of anilines is 1. The summed E-state index contributed by atoms with van der Waals surface area (Å²) < 4.78 is 5.49.